The molecule has 5 heteroatoms. The molecule has 108 valence electrons. The third-order valence-corrected chi connectivity index (χ3v) is 3.05. The van der Waals surface area contributed by atoms with Crippen LogP contribution in [0.5, 0.6) is 5.75 Å². The standard InChI is InChI=1S/C16H14F2N2O/c1-10(20)12-4-5-16(15(18)7-12)21-9-13-3-2-11(8-19)6-14(13)17/h2-7,10H,9,20H2,1H3/t10-/m1/s1. The Hall–Kier alpha value is -2.45. The summed E-state index contributed by atoms with van der Waals surface area (Å²) >= 11 is 0. The minimum Gasteiger partial charge on any atom is -0.486 e. The molecule has 0 amide bonds. The lowest BCUT2D eigenvalue weighted by molar-refractivity contribution is 0.284. The Morgan fingerprint density at radius 3 is 2.52 bits per heavy atom. The van der Waals surface area contributed by atoms with Gasteiger partial charge >= 0.3 is 0 Å². The Bertz CT molecular complexity index is 693. The second-order valence-corrected chi connectivity index (χ2v) is 4.69. The quantitative estimate of drug-likeness (QED) is 0.937. The number of hydrogen-bond acceptors (Lipinski definition) is 3. The van der Waals surface area contributed by atoms with E-state index in [1.165, 1.54) is 24.3 Å². The van der Waals surface area contributed by atoms with E-state index in [1.807, 2.05) is 6.07 Å². The molecule has 0 radical (unpaired) electrons. The van der Waals surface area contributed by atoms with Gasteiger partial charge in [-0.25, -0.2) is 8.78 Å². The highest BCUT2D eigenvalue weighted by atomic mass is 19.1. The molecule has 2 aromatic carbocycles. The monoisotopic (exact) mass is 288 g/mol. The second kappa shape index (κ2) is 6.33. The molecule has 0 aromatic heterocycles. The van der Waals surface area contributed by atoms with Gasteiger partial charge in [-0.2, -0.15) is 5.26 Å². The van der Waals surface area contributed by atoms with Gasteiger partial charge in [0.1, 0.15) is 12.4 Å². The molecule has 0 fully saturated rings. The van der Waals surface area contributed by atoms with E-state index in [0.29, 0.717) is 5.56 Å². The zero-order valence-electron chi connectivity index (χ0n) is 11.4. The number of ether oxygens (including phenoxy) is 1. The summed E-state index contributed by atoms with van der Waals surface area (Å²) in [5, 5.41) is 8.66. The van der Waals surface area contributed by atoms with Gasteiger partial charge in [0.05, 0.1) is 11.6 Å². The van der Waals surface area contributed by atoms with Crippen LogP contribution >= 0.6 is 0 Å². The summed E-state index contributed by atoms with van der Waals surface area (Å²) in [4.78, 5) is 0. The maximum absolute atomic E-state index is 13.8. The number of nitriles is 1. The molecule has 2 rings (SSSR count). The minimum atomic E-state index is -0.554. The molecular formula is C16H14F2N2O. The number of benzene rings is 2. The van der Waals surface area contributed by atoms with Crippen LogP contribution in [0.3, 0.4) is 0 Å². The first kappa shape index (κ1) is 14.9. The van der Waals surface area contributed by atoms with Crippen LogP contribution in [0.25, 0.3) is 0 Å². The number of hydrogen-bond donors (Lipinski definition) is 1. The topological polar surface area (TPSA) is 59.0 Å². The Morgan fingerprint density at radius 2 is 1.95 bits per heavy atom. The van der Waals surface area contributed by atoms with E-state index >= 15 is 0 Å². The summed E-state index contributed by atoms with van der Waals surface area (Å²) in [6.45, 7) is 1.63. The van der Waals surface area contributed by atoms with Gasteiger partial charge in [0.25, 0.3) is 0 Å². The zero-order chi connectivity index (χ0) is 15.4. The van der Waals surface area contributed by atoms with Gasteiger partial charge in [0.2, 0.25) is 0 Å². The lowest BCUT2D eigenvalue weighted by Crippen LogP contribution is -2.06. The van der Waals surface area contributed by atoms with E-state index in [-0.39, 0.29) is 29.5 Å². The fourth-order valence-corrected chi connectivity index (χ4v) is 1.81. The van der Waals surface area contributed by atoms with Gasteiger partial charge in [-0.15, -0.1) is 0 Å². The second-order valence-electron chi connectivity index (χ2n) is 4.69. The molecule has 0 saturated heterocycles. The SMILES string of the molecule is C[C@@H](N)c1ccc(OCc2ccc(C#N)cc2F)c(F)c1. The molecule has 0 aliphatic carbocycles. The summed E-state index contributed by atoms with van der Waals surface area (Å²) in [6, 6.07) is 10.1. The fourth-order valence-electron chi connectivity index (χ4n) is 1.81. The molecule has 0 bridgehead atoms. The third kappa shape index (κ3) is 3.56. The van der Waals surface area contributed by atoms with Crippen LogP contribution in [0.4, 0.5) is 8.78 Å². The highest BCUT2D eigenvalue weighted by molar-refractivity contribution is 5.34. The van der Waals surface area contributed by atoms with Crippen LogP contribution in [0.2, 0.25) is 0 Å². The van der Waals surface area contributed by atoms with E-state index in [9.17, 15) is 8.78 Å². The van der Waals surface area contributed by atoms with Crippen molar-refractivity contribution in [3.8, 4) is 11.8 Å². The average molecular weight is 288 g/mol. The lowest BCUT2D eigenvalue weighted by atomic mass is 10.1. The van der Waals surface area contributed by atoms with Crippen molar-refractivity contribution < 1.29 is 13.5 Å². The predicted molar refractivity (Wildman–Crippen MR) is 74.4 cm³/mol. The Morgan fingerprint density at radius 1 is 1.19 bits per heavy atom. The van der Waals surface area contributed by atoms with Crippen molar-refractivity contribution in [2.24, 2.45) is 5.73 Å². The first-order chi connectivity index (χ1) is 10.0. The largest absolute Gasteiger partial charge is 0.486 e. The van der Waals surface area contributed by atoms with Crippen molar-refractivity contribution in [1.82, 2.24) is 0 Å². The summed E-state index contributed by atoms with van der Waals surface area (Å²) in [7, 11) is 0. The minimum absolute atomic E-state index is 0.0307. The van der Waals surface area contributed by atoms with Crippen molar-refractivity contribution in [3.05, 3.63) is 64.7 Å². The molecule has 0 unspecified atom stereocenters. The summed E-state index contributed by atoms with van der Waals surface area (Å²) in [5.74, 6) is -1.07. The van der Waals surface area contributed by atoms with Gasteiger partial charge in [0, 0.05) is 11.6 Å². The van der Waals surface area contributed by atoms with Crippen molar-refractivity contribution >= 4 is 0 Å². The van der Waals surface area contributed by atoms with E-state index in [4.69, 9.17) is 15.7 Å². The molecule has 0 saturated carbocycles. The van der Waals surface area contributed by atoms with Crippen molar-refractivity contribution in [1.29, 1.82) is 5.26 Å². The molecule has 0 aliphatic rings. The van der Waals surface area contributed by atoms with Gasteiger partial charge in [-0.1, -0.05) is 12.1 Å². The van der Waals surface area contributed by atoms with Crippen LogP contribution in [0.1, 0.15) is 29.7 Å². The molecule has 3 nitrogen and oxygen atoms in total. The first-order valence-corrected chi connectivity index (χ1v) is 6.37. The summed E-state index contributed by atoms with van der Waals surface area (Å²) in [5.41, 5.74) is 6.80. The van der Waals surface area contributed by atoms with Crippen molar-refractivity contribution in [3.63, 3.8) is 0 Å². The van der Waals surface area contributed by atoms with E-state index in [2.05, 4.69) is 0 Å². The molecule has 0 aliphatic heterocycles. The van der Waals surface area contributed by atoms with Gasteiger partial charge in [-0.05, 0) is 36.8 Å². The molecule has 2 N–H and O–H groups in total. The number of halogens is 2. The third-order valence-electron chi connectivity index (χ3n) is 3.05. The predicted octanol–water partition coefficient (Wildman–Crippen LogP) is 3.44. The van der Waals surface area contributed by atoms with Crippen LogP contribution in [-0.4, -0.2) is 0 Å². The van der Waals surface area contributed by atoms with E-state index < -0.39 is 11.6 Å². The molecule has 0 spiro atoms. The van der Waals surface area contributed by atoms with Crippen molar-refractivity contribution in [2.75, 3.05) is 0 Å². The van der Waals surface area contributed by atoms with Crippen molar-refractivity contribution in [2.45, 2.75) is 19.6 Å². The molecular weight excluding hydrogens is 274 g/mol. The van der Waals surface area contributed by atoms with E-state index in [0.717, 1.165) is 6.07 Å². The maximum atomic E-state index is 13.8. The maximum Gasteiger partial charge on any atom is 0.165 e. The van der Waals surface area contributed by atoms with Crippen LogP contribution in [-0.2, 0) is 6.61 Å². The van der Waals surface area contributed by atoms with Crippen LogP contribution in [0, 0.1) is 23.0 Å². The van der Waals surface area contributed by atoms with E-state index in [1.54, 1.807) is 13.0 Å². The van der Waals surface area contributed by atoms with Gasteiger partial charge in [-0.3, -0.25) is 0 Å². The van der Waals surface area contributed by atoms with Crippen LogP contribution < -0.4 is 10.5 Å². The number of rotatable bonds is 4. The van der Waals surface area contributed by atoms with Gasteiger partial charge in [0.15, 0.2) is 11.6 Å². The molecule has 0 heterocycles. The Labute approximate surface area is 121 Å². The Kier molecular flexibility index (Phi) is 4.51. The smallest absolute Gasteiger partial charge is 0.165 e. The zero-order valence-corrected chi connectivity index (χ0v) is 11.4. The number of nitrogens with two attached hydrogens (primary N) is 1. The molecule has 1 atom stereocenters. The first-order valence-electron chi connectivity index (χ1n) is 6.37. The molecule has 2 aromatic rings. The molecule has 21 heavy (non-hydrogen) atoms. The summed E-state index contributed by atoms with van der Waals surface area (Å²) < 4.78 is 32.8. The lowest BCUT2D eigenvalue weighted by Gasteiger charge is -2.11. The number of nitrogens with zero attached hydrogens (tertiary/aromatic N) is 1. The Balaban J connectivity index is 2.12. The highest BCUT2D eigenvalue weighted by Crippen LogP contribution is 2.22. The van der Waals surface area contributed by atoms with Gasteiger partial charge < -0.3 is 10.5 Å². The highest BCUT2D eigenvalue weighted by Gasteiger charge is 2.09. The fraction of sp³-hybridized carbons (Fsp3) is 0.188. The summed E-state index contributed by atoms with van der Waals surface area (Å²) in [6.07, 6.45) is 0. The van der Waals surface area contributed by atoms with Crippen LogP contribution in [0.15, 0.2) is 36.4 Å². The average Bonchev–Trinajstić information content (AvgIpc) is 2.46. The normalized spacial score (nSPS) is 11.8.